The van der Waals surface area contributed by atoms with E-state index in [1.54, 1.807) is 18.4 Å². The molecule has 1 N–H and O–H groups in total. The molecule has 3 aromatic rings. The lowest BCUT2D eigenvalue weighted by Gasteiger charge is -2.14. The van der Waals surface area contributed by atoms with Crippen molar-refractivity contribution in [2.45, 2.75) is 60.2 Å². The van der Waals surface area contributed by atoms with Gasteiger partial charge in [0.2, 0.25) is 0 Å². The fourth-order valence-electron chi connectivity index (χ4n) is 3.40. The van der Waals surface area contributed by atoms with Crippen LogP contribution in [0.2, 0.25) is 0 Å². The summed E-state index contributed by atoms with van der Waals surface area (Å²) in [6.07, 6.45) is 0.897. The monoisotopic (exact) mass is 455 g/mol. The molecular weight excluding hydrogens is 422 g/mol. The van der Waals surface area contributed by atoms with Crippen LogP contribution in [0.25, 0.3) is 11.4 Å². The number of nitrogens with zero attached hydrogens (tertiary/aromatic N) is 2. The summed E-state index contributed by atoms with van der Waals surface area (Å²) in [4.78, 5) is 17.7. The molecule has 0 saturated heterocycles. The lowest BCUT2D eigenvalue weighted by molar-refractivity contribution is 0.0938. The molecule has 2 aromatic heterocycles. The Balaban J connectivity index is 1.82. The third-order valence-corrected chi connectivity index (χ3v) is 6.21. The molecule has 1 unspecified atom stereocenters. The topological polar surface area (TPSA) is 65.4 Å². The summed E-state index contributed by atoms with van der Waals surface area (Å²) in [5.74, 6) is 1.98. The Bertz CT molecular complexity index is 1040. The molecule has 1 amide bonds. The van der Waals surface area contributed by atoms with Crippen molar-refractivity contribution in [1.29, 1.82) is 0 Å². The van der Waals surface area contributed by atoms with E-state index >= 15 is 0 Å². The molecule has 32 heavy (non-hydrogen) atoms. The van der Waals surface area contributed by atoms with Gasteiger partial charge >= 0.3 is 0 Å². The molecule has 172 valence electrons. The molecule has 0 aliphatic rings. The Labute approximate surface area is 194 Å². The van der Waals surface area contributed by atoms with Crippen LogP contribution >= 0.6 is 11.3 Å². The van der Waals surface area contributed by atoms with Gasteiger partial charge in [-0.3, -0.25) is 4.79 Å². The number of thiazole rings is 1. The minimum Gasteiger partial charge on any atom is -0.497 e. The average Bonchev–Trinajstić information content (AvgIpc) is 3.37. The number of aromatic nitrogens is 2. The largest absolute Gasteiger partial charge is 0.497 e. The van der Waals surface area contributed by atoms with Gasteiger partial charge in [-0.05, 0) is 56.5 Å². The number of nitrogens with one attached hydrogen (secondary N) is 1. The van der Waals surface area contributed by atoms with Gasteiger partial charge in [0.05, 0.1) is 24.1 Å². The van der Waals surface area contributed by atoms with Crippen LogP contribution in [0.5, 0.6) is 11.5 Å². The molecule has 7 heteroatoms. The van der Waals surface area contributed by atoms with Crippen molar-refractivity contribution in [3.63, 3.8) is 0 Å². The van der Waals surface area contributed by atoms with Gasteiger partial charge in [-0.1, -0.05) is 20.8 Å². The first-order chi connectivity index (χ1) is 15.3. The molecule has 0 saturated carbocycles. The summed E-state index contributed by atoms with van der Waals surface area (Å²) in [6, 6.07) is 9.62. The molecule has 3 rings (SSSR count). The number of carbonyl (C=O) groups excluding carboxylic acids is 1. The highest BCUT2D eigenvalue weighted by Gasteiger charge is 2.21. The summed E-state index contributed by atoms with van der Waals surface area (Å²) in [6.45, 7) is 11.7. The van der Waals surface area contributed by atoms with Crippen LogP contribution in [0.15, 0.2) is 35.7 Å². The van der Waals surface area contributed by atoms with E-state index in [0.717, 1.165) is 46.6 Å². The van der Waals surface area contributed by atoms with E-state index in [4.69, 9.17) is 14.5 Å². The van der Waals surface area contributed by atoms with Crippen LogP contribution in [0.1, 0.15) is 55.2 Å². The number of methoxy groups -OCH3 is 1. The minimum atomic E-state index is -0.0288. The lowest BCUT2D eigenvalue weighted by atomic mass is 10.2. The number of benzene rings is 1. The first-order valence-corrected chi connectivity index (χ1v) is 11.9. The third-order valence-electron chi connectivity index (χ3n) is 5.38. The van der Waals surface area contributed by atoms with Crippen LogP contribution in [0.3, 0.4) is 0 Å². The molecule has 0 radical (unpaired) electrons. The Morgan fingerprint density at radius 1 is 1.19 bits per heavy atom. The number of hydrogen-bond donors (Lipinski definition) is 1. The molecule has 0 aliphatic carbocycles. The normalized spacial score (nSPS) is 12.1. The second kappa shape index (κ2) is 10.7. The highest BCUT2D eigenvalue weighted by molar-refractivity contribution is 7.09. The fourth-order valence-corrected chi connectivity index (χ4v) is 4.10. The van der Waals surface area contributed by atoms with Crippen molar-refractivity contribution in [2.75, 3.05) is 7.11 Å². The van der Waals surface area contributed by atoms with E-state index in [1.165, 1.54) is 0 Å². The second-order valence-corrected chi connectivity index (χ2v) is 9.35. The Morgan fingerprint density at radius 2 is 1.88 bits per heavy atom. The molecule has 0 spiro atoms. The zero-order valence-corrected chi connectivity index (χ0v) is 20.6. The maximum Gasteiger partial charge on any atom is 0.253 e. The predicted molar refractivity (Wildman–Crippen MR) is 130 cm³/mol. The molecule has 0 fully saturated rings. The van der Waals surface area contributed by atoms with Gasteiger partial charge in [0.15, 0.2) is 0 Å². The molecule has 0 bridgehead atoms. The summed E-state index contributed by atoms with van der Waals surface area (Å²) < 4.78 is 13.3. The van der Waals surface area contributed by atoms with Crippen molar-refractivity contribution in [3.8, 4) is 22.9 Å². The first kappa shape index (κ1) is 23.9. The lowest BCUT2D eigenvalue weighted by Crippen LogP contribution is -2.32. The van der Waals surface area contributed by atoms with Crippen LogP contribution in [0.4, 0.5) is 0 Å². The van der Waals surface area contributed by atoms with Crippen LogP contribution in [-0.2, 0) is 13.2 Å². The average molecular weight is 456 g/mol. The van der Waals surface area contributed by atoms with Crippen molar-refractivity contribution in [3.05, 3.63) is 52.0 Å². The van der Waals surface area contributed by atoms with E-state index in [2.05, 4.69) is 30.7 Å². The van der Waals surface area contributed by atoms with Crippen LogP contribution in [-0.4, -0.2) is 28.6 Å². The first-order valence-electron chi connectivity index (χ1n) is 11.0. The molecular formula is C25H33N3O3S. The standard InChI is InChI=1S/C25H33N3O3S/c1-7-17(4)26-25(29)21-12-23(28(18(21)5)13-16(2)3)22-15-32-24(27-22)14-31-20-10-8-19(30-6)9-11-20/h8-12,15-17H,7,13-14H2,1-6H3,(H,26,29). The van der Waals surface area contributed by atoms with Gasteiger partial charge < -0.3 is 19.4 Å². The smallest absolute Gasteiger partial charge is 0.253 e. The Morgan fingerprint density at radius 3 is 2.50 bits per heavy atom. The minimum absolute atomic E-state index is 0.0288. The zero-order valence-electron chi connectivity index (χ0n) is 19.8. The van der Waals surface area contributed by atoms with Crippen LogP contribution in [0, 0.1) is 12.8 Å². The van der Waals surface area contributed by atoms with E-state index < -0.39 is 0 Å². The quantitative estimate of drug-likeness (QED) is 0.426. The zero-order chi connectivity index (χ0) is 23.3. The molecule has 6 nitrogen and oxygen atoms in total. The van der Waals surface area contributed by atoms with E-state index in [-0.39, 0.29) is 11.9 Å². The third kappa shape index (κ3) is 5.71. The van der Waals surface area contributed by atoms with Gasteiger partial charge in [0.25, 0.3) is 5.91 Å². The van der Waals surface area contributed by atoms with Gasteiger partial charge in [-0.25, -0.2) is 4.98 Å². The fraction of sp³-hybridized carbons (Fsp3) is 0.440. The number of rotatable bonds is 10. The summed E-state index contributed by atoms with van der Waals surface area (Å²) in [7, 11) is 1.64. The predicted octanol–water partition coefficient (Wildman–Crippen LogP) is 5.69. The highest BCUT2D eigenvalue weighted by Crippen LogP contribution is 2.29. The van der Waals surface area contributed by atoms with Gasteiger partial charge in [0, 0.05) is 23.7 Å². The summed E-state index contributed by atoms with van der Waals surface area (Å²) in [5.41, 5.74) is 3.52. The van der Waals surface area contributed by atoms with Crippen molar-refractivity contribution in [1.82, 2.24) is 14.9 Å². The van der Waals surface area contributed by atoms with Gasteiger partial charge in [-0.15, -0.1) is 11.3 Å². The van der Waals surface area contributed by atoms with Crippen molar-refractivity contribution in [2.24, 2.45) is 5.92 Å². The highest BCUT2D eigenvalue weighted by atomic mass is 32.1. The van der Waals surface area contributed by atoms with Crippen LogP contribution < -0.4 is 14.8 Å². The van der Waals surface area contributed by atoms with Gasteiger partial charge in [0.1, 0.15) is 23.1 Å². The maximum absolute atomic E-state index is 12.9. The Hall–Kier alpha value is -2.80. The number of ether oxygens (including phenoxy) is 2. The number of carbonyl (C=O) groups is 1. The second-order valence-electron chi connectivity index (χ2n) is 8.41. The SMILES string of the molecule is CCC(C)NC(=O)c1cc(-c2csc(COc3ccc(OC)cc3)n2)n(CC(C)C)c1C. The van der Waals surface area contributed by atoms with Crippen molar-refractivity contribution < 1.29 is 14.3 Å². The molecule has 2 heterocycles. The Kier molecular flexibility index (Phi) is 7.96. The van der Waals surface area contributed by atoms with Gasteiger partial charge in [-0.2, -0.15) is 0 Å². The molecule has 1 atom stereocenters. The number of amides is 1. The molecule has 0 aliphatic heterocycles. The summed E-state index contributed by atoms with van der Waals surface area (Å²) >= 11 is 1.56. The summed E-state index contributed by atoms with van der Waals surface area (Å²) in [5, 5.41) is 6.01. The van der Waals surface area contributed by atoms with E-state index in [9.17, 15) is 4.79 Å². The maximum atomic E-state index is 12.9. The van der Waals surface area contributed by atoms with E-state index in [1.807, 2.05) is 49.6 Å². The van der Waals surface area contributed by atoms with E-state index in [0.29, 0.717) is 18.1 Å². The molecule has 1 aromatic carbocycles. The number of hydrogen-bond acceptors (Lipinski definition) is 5. The van der Waals surface area contributed by atoms with Crippen molar-refractivity contribution >= 4 is 17.2 Å².